The van der Waals surface area contributed by atoms with Crippen LogP contribution in [0.25, 0.3) is 11.2 Å². The predicted octanol–water partition coefficient (Wildman–Crippen LogP) is 2.01. The van der Waals surface area contributed by atoms with Gasteiger partial charge in [0.25, 0.3) is 0 Å². The normalized spacial score (nSPS) is 11.0. The quantitative estimate of drug-likeness (QED) is 0.750. The molecule has 0 atom stereocenters. The highest BCUT2D eigenvalue weighted by Crippen LogP contribution is 2.23. The highest BCUT2D eigenvalue weighted by Gasteiger charge is 2.14. The van der Waals surface area contributed by atoms with Crippen LogP contribution in [0.1, 0.15) is 6.42 Å². The van der Waals surface area contributed by atoms with E-state index in [2.05, 4.69) is 19.9 Å². The molecule has 0 fully saturated rings. The van der Waals surface area contributed by atoms with Crippen molar-refractivity contribution >= 4 is 22.8 Å². The Kier molecular flexibility index (Phi) is 3.74. The second-order valence-electron chi connectivity index (χ2n) is 4.52. The summed E-state index contributed by atoms with van der Waals surface area (Å²) in [6.07, 6.45) is 3.71. The maximum atomic E-state index is 13.4. The lowest BCUT2D eigenvalue weighted by Gasteiger charge is -2.22. The molecule has 0 bridgehead atoms. The predicted molar refractivity (Wildman–Crippen MR) is 76.8 cm³/mol. The monoisotopic (exact) mass is 287 g/mol. The van der Waals surface area contributed by atoms with E-state index in [1.807, 2.05) is 0 Å². The van der Waals surface area contributed by atoms with E-state index in [0.29, 0.717) is 30.2 Å². The summed E-state index contributed by atoms with van der Waals surface area (Å²) in [6, 6.07) is 6.20. The third kappa shape index (κ3) is 2.82. The van der Waals surface area contributed by atoms with Gasteiger partial charge in [-0.3, -0.25) is 0 Å². The van der Waals surface area contributed by atoms with Crippen LogP contribution in [0.2, 0.25) is 0 Å². The first-order chi connectivity index (χ1) is 10.3. The minimum atomic E-state index is -0.331. The molecule has 0 radical (unpaired) electrons. The van der Waals surface area contributed by atoms with Gasteiger partial charge in [-0.1, -0.05) is 6.07 Å². The van der Waals surface area contributed by atoms with Crippen molar-refractivity contribution in [2.45, 2.75) is 6.42 Å². The van der Waals surface area contributed by atoms with Crippen LogP contribution in [0.3, 0.4) is 0 Å². The molecule has 0 saturated carbocycles. The fourth-order valence-electron chi connectivity index (χ4n) is 2.07. The minimum absolute atomic E-state index is 0.0382. The van der Waals surface area contributed by atoms with Gasteiger partial charge < -0.3 is 15.0 Å². The summed E-state index contributed by atoms with van der Waals surface area (Å²) in [5.41, 5.74) is 1.92. The van der Waals surface area contributed by atoms with Gasteiger partial charge in [-0.2, -0.15) is 4.98 Å². The zero-order chi connectivity index (χ0) is 14.7. The Labute approximate surface area is 120 Å². The van der Waals surface area contributed by atoms with Crippen molar-refractivity contribution in [2.75, 3.05) is 18.1 Å². The molecule has 0 spiro atoms. The smallest absolute Gasteiger partial charge is 0.232 e. The van der Waals surface area contributed by atoms with Gasteiger partial charge in [0.15, 0.2) is 5.65 Å². The van der Waals surface area contributed by atoms with Crippen molar-refractivity contribution in [3.8, 4) is 0 Å². The molecule has 0 unspecified atom stereocenters. The highest BCUT2D eigenvalue weighted by atomic mass is 19.1. The van der Waals surface area contributed by atoms with Crippen molar-refractivity contribution < 1.29 is 9.50 Å². The van der Waals surface area contributed by atoms with Gasteiger partial charge in [0.2, 0.25) is 5.95 Å². The zero-order valence-electron chi connectivity index (χ0n) is 11.2. The summed E-state index contributed by atoms with van der Waals surface area (Å²) < 4.78 is 13.4. The number of benzene rings is 1. The Morgan fingerprint density at radius 2 is 2.19 bits per heavy atom. The number of H-pyrrole nitrogens is 1. The lowest BCUT2D eigenvalue weighted by atomic mass is 10.2. The van der Waals surface area contributed by atoms with E-state index in [0.717, 1.165) is 5.52 Å². The average molecular weight is 287 g/mol. The number of nitrogens with zero attached hydrogens (tertiary/aromatic N) is 4. The molecule has 3 rings (SSSR count). The number of hydrogen-bond acceptors (Lipinski definition) is 5. The fraction of sp³-hybridized carbons (Fsp3) is 0.214. The van der Waals surface area contributed by atoms with Crippen LogP contribution in [0.5, 0.6) is 0 Å². The number of imidazole rings is 1. The zero-order valence-corrected chi connectivity index (χ0v) is 11.2. The van der Waals surface area contributed by atoms with Gasteiger partial charge in [0.05, 0.1) is 12.5 Å². The number of halogens is 1. The molecule has 21 heavy (non-hydrogen) atoms. The number of anilines is 2. The Hall–Kier alpha value is -2.54. The van der Waals surface area contributed by atoms with Crippen molar-refractivity contribution in [2.24, 2.45) is 0 Å². The Bertz CT molecular complexity index is 745. The van der Waals surface area contributed by atoms with Crippen molar-refractivity contribution in [1.29, 1.82) is 0 Å². The number of hydrogen-bond donors (Lipinski definition) is 2. The molecule has 3 aromatic rings. The molecule has 0 amide bonds. The molecular weight excluding hydrogens is 273 g/mol. The summed E-state index contributed by atoms with van der Waals surface area (Å²) in [5, 5.41) is 9.04. The molecule has 6 nitrogen and oxygen atoms in total. The van der Waals surface area contributed by atoms with E-state index in [-0.39, 0.29) is 12.4 Å². The second-order valence-corrected chi connectivity index (χ2v) is 4.52. The number of nitrogens with one attached hydrogen (secondary N) is 1. The molecule has 2 N–H and O–H groups in total. The van der Waals surface area contributed by atoms with Crippen LogP contribution in [0, 0.1) is 5.82 Å². The molecule has 2 heterocycles. The third-order valence-electron chi connectivity index (χ3n) is 3.06. The number of aromatic amines is 1. The molecule has 0 aliphatic rings. The fourth-order valence-corrected chi connectivity index (χ4v) is 2.07. The number of aromatic nitrogens is 4. The topological polar surface area (TPSA) is 77.9 Å². The first-order valence-electron chi connectivity index (χ1n) is 6.58. The van der Waals surface area contributed by atoms with Gasteiger partial charge in [-0.05, 0) is 24.6 Å². The second kappa shape index (κ2) is 5.84. The Morgan fingerprint density at radius 3 is 3.00 bits per heavy atom. The van der Waals surface area contributed by atoms with E-state index in [4.69, 9.17) is 5.11 Å². The first-order valence-corrected chi connectivity index (χ1v) is 6.58. The van der Waals surface area contributed by atoms with Crippen LogP contribution < -0.4 is 4.90 Å². The molecule has 2 aromatic heterocycles. The molecule has 108 valence electrons. The number of rotatable bonds is 5. The number of fused-ring (bicyclic) bond motifs is 1. The van der Waals surface area contributed by atoms with Gasteiger partial charge >= 0.3 is 0 Å². The summed E-state index contributed by atoms with van der Waals surface area (Å²) in [6.45, 7) is 0.520. The third-order valence-corrected chi connectivity index (χ3v) is 3.06. The lowest BCUT2D eigenvalue weighted by molar-refractivity contribution is 0.290. The number of aliphatic hydroxyl groups is 1. The van der Waals surface area contributed by atoms with Crippen LogP contribution in [0.4, 0.5) is 16.0 Å². The largest absolute Gasteiger partial charge is 0.396 e. The van der Waals surface area contributed by atoms with E-state index in [9.17, 15) is 4.39 Å². The summed E-state index contributed by atoms with van der Waals surface area (Å²) >= 11 is 0. The van der Waals surface area contributed by atoms with Crippen molar-refractivity contribution in [1.82, 2.24) is 19.9 Å². The highest BCUT2D eigenvalue weighted by molar-refractivity contribution is 5.71. The van der Waals surface area contributed by atoms with Gasteiger partial charge in [-0.15, -0.1) is 0 Å². The number of aliphatic hydroxyl groups excluding tert-OH is 1. The van der Waals surface area contributed by atoms with Gasteiger partial charge in [-0.25, -0.2) is 14.4 Å². The van der Waals surface area contributed by atoms with Crippen LogP contribution in [-0.4, -0.2) is 38.2 Å². The standard InChI is InChI=1S/C14H14FN5O/c15-10-3-1-4-11(7-10)20(5-2-6-21)14-16-8-12-13(19-14)18-9-17-12/h1,3-4,7-9,21H,2,5-6H2,(H,16,17,18,19). The SMILES string of the molecule is OCCCN(c1cccc(F)c1)c1ncc2[nH]cnc2n1. The Morgan fingerprint density at radius 1 is 1.29 bits per heavy atom. The van der Waals surface area contributed by atoms with E-state index in [1.165, 1.54) is 12.1 Å². The first kappa shape index (κ1) is 13.4. The molecule has 0 aliphatic heterocycles. The van der Waals surface area contributed by atoms with Gasteiger partial charge in [0, 0.05) is 18.8 Å². The molecule has 0 aliphatic carbocycles. The molecule has 1 aromatic carbocycles. The molecular formula is C14H14FN5O. The van der Waals surface area contributed by atoms with Gasteiger partial charge in [0.1, 0.15) is 11.3 Å². The summed E-state index contributed by atoms with van der Waals surface area (Å²) in [5.74, 6) is 0.0935. The lowest BCUT2D eigenvalue weighted by Crippen LogP contribution is -2.21. The summed E-state index contributed by atoms with van der Waals surface area (Å²) in [7, 11) is 0. The van der Waals surface area contributed by atoms with Crippen molar-refractivity contribution in [3.05, 3.63) is 42.6 Å². The van der Waals surface area contributed by atoms with E-state index in [1.54, 1.807) is 29.6 Å². The molecule has 0 saturated heterocycles. The molecule has 7 heteroatoms. The summed E-state index contributed by atoms with van der Waals surface area (Å²) in [4.78, 5) is 17.4. The Balaban J connectivity index is 2.01. The van der Waals surface area contributed by atoms with Crippen molar-refractivity contribution in [3.63, 3.8) is 0 Å². The van der Waals surface area contributed by atoms with E-state index < -0.39 is 0 Å². The van der Waals surface area contributed by atoms with Crippen LogP contribution in [0.15, 0.2) is 36.8 Å². The van der Waals surface area contributed by atoms with Crippen LogP contribution in [-0.2, 0) is 0 Å². The van der Waals surface area contributed by atoms with Crippen LogP contribution >= 0.6 is 0 Å². The maximum Gasteiger partial charge on any atom is 0.232 e. The minimum Gasteiger partial charge on any atom is -0.396 e. The maximum absolute atomic E-state index is 13.4. The van der Waals surface area contributed by atoms with E-state index >= 15 is 0 Å². The average Bonchev–Trinajstić information content (AvgIpc) is 2.95.